The fourth-order valence-electron chi connectivity index (χ4n) is 0.371. The fourth-order valence-corrected chi connectivity index (χ4v) is 0.371. The molecule has 4 nitrogen and oxygen atoms in total. The third-order valence-corrected chi connectivity index (χ3v) is 0.822. The van der Waals surface area contributed by atoms with Crippen LogP contribution in [0, 0.1) is 0 Å². The van der Waals surface area contributed by atoms with Gasteiger partial charge in [0.05, 0.1) is 12.7 Å². The van der Waals surface area contributed by atoms with Crippen LogP contribution < -0.4 is 5.32 Å². The van der Waals surface area contributed by atoms with E-state index in [4.69, 9.17) is 15.3 Å². The lowest BCUT2D eigenvalue weighted by Crippen LogP contribution is -2.36. The van der Waals surface area contributed by atoms with Gasteiger partial charge in [0.2, 0.25) is 0 Å². The molecule has 0 aliphatic carbocycles. The average molecular weight is 135 g/mol. The van der Waals surface area contributed by atoms with Crippen molar-refractivity contribution in [3.8, 4) is 0 Å². The lowest BCUT2D eigenvalue weighted by Gasteiger charge is -2.10. The second-order valence-corrected chi connectivity index (χ2v) is 1.96. The summed E-state index contributed by atoms with van der Waals surface area (Å²) in [5, 5.41) is 28.0. The van der Waals surface area contributed by atoms with Crippen molar-refractivity contribution in [1.29, 1.82) is 0 Å². The Balaban J connectivity index is 3.06. The summed E-state index contributed by atoms with van der Waals surface area (Å²) in [4.78, 5) is 0. The topological polar surface area (TPSA) is 72.7 Å². The van der Waals surface area contributed by atoms with Crippen LogP contribution in [0.3, 0.4) is 0 Å². The fraction of sp³-hybridized carbons (Fsp3) is 1.00. The highest BCUT2D eigenvalue weighted by Gasteiger charge is 2.00. The smallest absolute Gasteiger partial charge is 0.128 e. The molecule has 0 bridgehead atoms. The summed E-state index contributed by atoms with van der Waals surface area (Å²) in [5.41, 5.74) is 0. The zero-order valence-electron chi connectivity index (χ0n) is 5.41. The highest BCUT2D eigenvalue weighted by Crippen LogP contribution is 1.77. The van der Waals surface area contributed by atoms with E-state index in [0.29, 0.717) is 6.54 Å². The van der Waals surface area contributed by atoms with Crippen LogP contribution in [-0.4, -0.2) is 40.8 Å². The standard InChI is InChI=1S/C5H13NO3/c1-4(8)2-6-5(9)3-7/h4-9H,2-3H2,1H3. The molecule has 2 atom stereocenters. The van der Waals surface area contributed by atoms with Crippen molar-refractivity contribution in [3.05, 3.63) is 0 Å². The Morgan fingerprint density at radius 1 is 1.44 bits per heavy atom. The van der Waals surface area contributed by atoms with Crippen molar-refractivity contribution in [2.75, 3.05) is 13.2 Å². The molecule has 0 saturated carbocycles. The Labute approximate surface area is 54.1 Å². The summed E-state index contributed by atoms with van der Waals surface area (Å²) in [6, 6.07) is 0. The maximum atomic E-state index is 8.64. The number of hydrogen-bond donors (Lipinski definition) is 4. The molecule has 2 unspecified atom stereocenters. The summed E-state index contributed by atoms with van der Waals surface area (Å²) in [6.45, 7) is 1.56. The maximum Gasteiger partial charge on any atom is 0.128 e. The van der Waals surface area contributed by atoms with Crippen LogP contribution in [0.2, 0.25) is 0 Å². The van der Waals surface area contributed by atoms with Crippen molar-refractivity contribution in [1.82, 2.24) is 5.32 Å². The molecule has 0 aliphatic heterocycles. The zero-order chi connectivity index (χ0) is 7.28. The van der Waals surface area contributed by atoms with Gasteiger partial charge in [-0.05, 0) is 6.92 Å². The van der Waals surface area contributed by atoms with Gasteiger partial charge in [-0.1, -0.05) is 0 Å². The molecule has 0 rings (SSSR count). The van der Waals surface area contributed by atoms with Gasteiger partial charge in [0, 0.05) is 6.54 Å². The van der Waals surface area contributed by atoms with Gasteiger partial charge in [0.15, 0.2) is 0 Å². The number of rotatable bonds is 4. The first-order valence-electron chi connectivity index (χ1n) is 2.87. The molecule has 0 fully saturated rings. The summed E-state index contributed by atoms with van der Waals surface area (Å²) >= 11 is 0. The van der Waals surface area contributed by atoms with Crippen molar-refractivity contribution < 1.29 is 15.3 Å². The summed E-state index contributed by atoms with van der Waals surface area (Å²) in [5.74, 6) is 0. The molecular weight excluding hydrogens is 122 g/mol. The SMILES string of the molecule is CC(O)CNC(O)CO. The Kier molecular flexibility index (Phi) is 4.61. The molecule has 4 N–H and O–H groups in total. The largest absolute Gasteiger partial charge is 0.392 e. The van der Waals surface area contributed by atoms with E-state index in [0.717, 1.165) is 0 Å². The van der Waals surface area contributed by atoms with Crippen molar-refractivity contribution in [3.63, 3.8) is 0 Å². The van der Waals surface area contributed by atoms with Crippen LogP contribution in [-0.2, 0) is 0 Å². The van der Waals surface area contributed by atoms with E-state index in [2.05, 4.69) is 5.32 Å². The van der Waals surface area contributed by atoms with Gasteiger partial charge in [-0.25, -0.2) is 0 Å². The average Bonchev–Trinajstić information content (AvgIpc) is 1.83. The van der Waals surface area contributed by atoms with Gasteiger partial charge in [-0.3, -0.25) is 5.32 Å². The van der Waals surface area contributed by atoms with Gasteiger partial charge in [0.1, 0.15) is 6.23 Å². The zero-order valence-corrected chi connectivity index (χ0v) is 5.41. The van der Waals surface area contributed by atoms with E-state index in [1.54, 1.807) is 6.92 Å². The van der Waals surface area contributed by atoms with Crippen molar-refractivity contribution in [2.45, 2.75) is 19.3 Å². The normalized spacial score (nSPS) is 17.3. The number of aliphatic hydroxyl groups excluding tert-OH is 3. The molecule has 56 valence electrons. The molecule has 0 aromatic carbocycles. The molecule has 0 heterocycles. The predicted octanol–water partition coefficient (Wildman–Crippen LogP) is -1.73. The minimum atomic E-state index is -0.917. The van der Waals surface area contributed by atoms with E-state index >= 15 is 0 Å². The number of aliphatic hydroxyl groups is 3. The molecule has 0 amide bonds. The van der Waals surface area contributed by atoms with Crippen molar-refractivity contribution >= 4 is 0 Å². The first-order chi connectivity index (χ1) is 4.16. The minimum Gasteiger partial charge on any atom is -0.392 e. The summed E-state index contributed by atoms with van der Waals surface area (Å²) in [6.07, 6.45) is -1.41. The van der Waals surface area contributed by atoms with Crippen LogP contribution >= 0.6 is 0 Å². The summed E-state index contributed by atoms with van der Waals surface area (Å²) in [7, 11) is 0. The van der Waals surface area contributed by atoms with Crippen LogP contribution in [0.5, 0.6) is 0 Å². The Morgan fingerprint density at radius 2 is 2.00 bits per heavy atom. The first-order valence-corrected chi connectivity index (χ1v) is 2.87. The molecule has 0 spiro atoms. The third-order valence-electron chi connectivity index (χ3n) is 0.822. The molecule has 0 aromatic heterocycles. The second-order valence-electron chi connectivity index (χ2n) is 1.96. The van der Waals surface area contributed by atoms with Crippen LogP contribution in [0.25, 0.3) is 0 Å². The van der Waals surface area contributed by atoms with Crippen LogP contribution in [0.15, 0.2) is 0 Å². The van der Waals surface area contributed by atoms with Gasteiger partial charge in [0.25, 0.3) is 0 Å². The maximum absolute atomic E-state index is 8.64. The highest BCUT2D eigenvalue weighted by molar-refractivity contribution is 4.54. The Hall–Kier alpha value is -0.160. The second kappa shape index (κ2) is 4.69. The predicted molar refractivity (Wildman–Crippen MR) is 32.8 cm³/mol. The molecule has 0 aliphatic rings. The Bertz CT molecular complexity index is 67.2. The Morgan fingerprint density at radius 3 is 2.33 bits per heavy atom. The van der Waals surface area contributed by atoms with E-state index in [1.165, 1.54) is 0 Å². The molecule has 0 aromatic rings. The van der Waals surface area contributed by atoms with Crippen LogP contribution in [0.1, 0.15) is 6.92 Å². The monoisotopic (exact) mass is 135 g/mol. The summed E-state index contributed by atoms with van der Waals surface area (Å²) < 4.78 is 0. The first kappa shape index (κ1) is 8.84. The van der Waals surface area contributed by atoms with Crippen LogP contribution in [0.4, 0.5) is 0 Å². The number of nitrogens with one attached hydrogen (secondary N) is 1. The van der Waals surface area contributed by atoms with Gasteiger partial charge >= 0.3 is 0 Å². The lowest BCUT2D eigenvalue weighted by molar-refractivity contribution is 0.0556. The van der Waals surface area contributed by atoms with E-state index < -0.39 is 12.3 Å². The van der Waals surface area contributed by atoms with E-state index in [1.807, 2.05) is 0 Å². The molecule has 0 saturated heterocycles. The van der Waals surface area contributed by atoms with Gasteiger partial charge in [-0.15, -0.1) is 0 Å². The van der Waals surface area contributed by atoms with E-state index in [9.17, 15) is 0 Å². The minimum absolute atomic E-state index is 0.293. The highest BCUT2D eigenvalue weighted by atomic mass is 16.3. The lowest BCUT2D eigenvalue weighted by atomic mass is 10.4. The third kappa shape index (κ3) is 5.72. The van der Waals surface area contributed by atoms with Gasteiger partial charge in [-0.2, -0.15) is 0 Å². The van der Waals surface area contributed by atoms with E-state index in [-0.39, 0.29) is 6.61 Å². The molecule has 0 radical (unpaired) electrons. The molecule has 4 heteroatoms. The number of hydrogen-bond acceptors (Lipinski definition) is 4. The molecular formula is C5H13NO3. The quantitative estimate of drug-likeness (QED) is 0.346. The van der Waals surface area contributed by atoms with Gasteiger partial charge < -0.3 is 15.3 Å². The molecule has 9 heavy (non-hydrogen) atoms. The van der Waals surface area contributed by atoms with Crippen molar-refractivity contribution in [2.24, 2.45) is 0 Å².